The Labute approximate surface area is 116 Å². The smallest absolute Gasteiger partial charge is 0.224 e. The minimum atomic E-state index is 0.0746. The molecule has 0 radical (unpaired) electrons. The number of carbonyl (C=O) groups excluding carboxylic acids is 1. The molecule has 1 aromatic carbocycles. The average Bonchev–Trinajstić information content (AvgIpc) is 2.39. The Hall–Kier alpha value is -1.83. The first kappa shape index (κ1) is 15.2. The number of carbonyl (C=O) groups is 1. The number of amides is 1. The third-order valence-corrected chi connectivity index (χ3v) is 3.03. The van der Waals surface area contributed by atoms with E-state index in [4.69, 9.17) is 0 Å². The molecule has 0 aliphatic heterocycles. The third kappa shape index (κ3) is 6.61. The Balaban J connectivity index is 2.31. The highest BCUT2D eigenvalue weighted by Gasteiger charge is 2.08. The summed E-state index contributed by atoms with van der Waals surface area (Å²) < 4.78 is 0. The van der Waals surface area contributed by atoms with Crippen molar-refractivity contribution in [2.75, 3.05) is 0 Å². The van der Waals surface area contributed by atoms with E-state index in [1.165, 1.54) is 0 Å². The van der Waals surface area contributed by atoms with Crippen LogP contribution < -0.4 is 5.32 Å². The lowest BCUT2D eigenvalue weighted by molar-refractivity contribution is -0.121. The van der Waals surface area contributed by atoms with Crippen LogP contribution in [0.15, 0.2) is 48.6 Å². The van der Waals surface area contributed by atoms with E-state index in [0.717, 1.165) is 5.56 Å². The molecule has 1 N–H and O–H groups in total. The first-order chi connectivity index (χ1) is 9.09. The Morgan fingerprint density at radius 2 is 1.84 bits per heavy atom. The molecule has 1 rings (SSSR count). The van der Waals surface area contributed by atoms with E-state index in [9.17, 15) is 4.79 Å². The summed E-state index contributed by atoms with van der Waals surface area (Å²) in [5.41, 5.74) is 1.16. The SMILES string of the molecule is CC(C)C(C)NC(=O)C/C=C/C=C/c1ccccc1. The van der Waals surface area contributed by atoms with Crippen molar-refractivity contribution < 1.29 is 4.79 Å². The fraction of sp³-hybridized carbons (Fsp3) is 0.353. The van der Waals surface area contributed by atoms with Gasteiger partial charge < -0.3 is 5.32 Å². The molecule has 19 heavy (non-hydrogen) atoms. The van der Waals surface area contributed by atoms with Crippen molar-refractivity contribution in [3.63, 3.8) is 0 Å². The zero-order chi connectivity index (χ0) is 14.1. The molecule has 2 heteroatoms. The van der Waals surface area contributed by atoms with Gasteiger partial charge in [-0.05, 0) is 18.4 Å². The minimum absolute atomic E-state index is 0.0746. The summed E-state index contributed by atoms with van der Waals surface area (Å²) in [4.78, 5) is 11.6. The molecule has 102 valence electrons. The van der Waals surface area contributed by atoms with Crippen LogP contribution in [0.2, 0.25) is 0 Å². The van der Waals surface area contributed by atoms with Crippen LogP contribution in [0.5, 0.6) is 0 Å². The van der Waals surface area contributed by atoms with Crippen molar-refractivity contribution in [1.29, 1.82) is 0 Å². The van der Waals surface area contributed by atoms with Gasteiger partial charge in [-0.1, -0.05) is 68.5 Å². The van der Waals surface area contributed by atoms with Crippen molar-refractivity contribution in [3.05, 3.63) is 54.1 Å². The molecule has 0 aliphatic carbocycles. The van der Waals surface area contributed by atoms with Gasteiger partial charge in [0, 0.05) is 12.5 Å². The van der Waals surface area contributed by atoms with E-state index in [-0.39, 0.29) is 11.9 Å². The number of nitrogens with one attached hydrogen (secondary N) is 1. The van der Waals surface area contributed by atoms with Crippen LogP contribution in [0, 0.1) is 5.92 Å². The van der Waals surface area contributed by atoms with Gasteiger partial charge in [-0.15, -0.1) is 0 Å². The number of allylic oxidation sites excluding steroid dienone is 2. The largest absolute Gasteiger partial charge is 0.353 e. The fourth-order valence-corrected chi connectivity index (χ4v) is 1.46. The predicted molar refractivity (Wildman–Crippen MR) is 81.7 cm³/mol. The number of benzene rings is 1. The van der Waals surface area contributed by atoms with Gasteiger partial charge in [-0.25, -0.2) is 0 Å². The standard InChI is InChI=1S/C17H23NO/c1-14(2)15(3)18-17(19)13-9-5-8-12-16-10-6-4-7-11-16/h4-12,14-15H,13H2,1-3H3,(H,18,19)/b9-5+,12-8+. The highest BCUT2D eigenvalue weighted by atomic mass is 16.1. The minimum Gasteiger partial charge on any atom is -0.353 e. The summed E-state index contributed by atoms with van der Waals surface area (Å²) in [6.45, 7) is 6.23. The van der Waals surface area contributed by atoms with Crippen molar-refractivity contribution in [2.45, 2.75) is 33.2 Å². The van der Waals surface area contributed by atoms with Crippen molar-refractivity contribution in [3.8, 4) is 0 Å². The van der Waals surface area contributed by atoms with Crippen LogP contribution in [0.4, 0.5) is 0 Å². The Morgan fingerprint density at radius 1 is 1.16 bits per heavy atom. The van der Waals surface area contributed by atoms with E-state index in [0.29, 0.717) is 12.3 Å². The second kappa shape index (κ2) is 8.30. The predicted octanol–water partition coefficient (Wildman–Crippen LogP) is 3.81. The summed E-state index contributed by atoms with van der Waals surface area (Å²) in [6, 6.07) is 10.3. The quantitative estimate of drug-likeness (QED) is 0.771. The second-order valence-corrected chi connectivity index (χ2v) is 5.00. The fourth-order valence-electron chi connectivity index (χ4n) is 1.46. The lowest BCUT2D eigenvalue weighted by Gasteiger charge is -2.16. The van der Waals surface area contributed by atoms with Gasteiger partial charge in [0.2, 0.25) is 5.91 Å². The van der Waals surface area contributed by atoms with Crippen LogP contribution >= 0.6 is 0 Å². The monoisotopic (exact) mass is 257 g/mol. The topological polar surface area (TPSA) is 29.1 Å². The first-order valence-corrected chi connectivity index (χ1v) is 6.77. The van der Waals surface area contributed by atoms with Gasteiger partial charge >= 0.3 is 0 Å². The summed E-state index contributed by atoms with van der Waals surface area (Å²) >= 11 is 0. The normalized spacial score (nSPS) is 13.3. The maximum atomic E-state index is 11.6. The summed E-state index contributed by atoms with van der Waals surface area (Å²) in [6.07, 6.45) is 8.18. The van der Waals surface area contributed by atoms with Gasteiger partial charge in [0.05, 0.1) is 0 Å². The molecule has 1 aromatic rings. The molecule has 0 aliphatic rings. The molecule has 0 aromatic heterocycles. The first-order valence-electron chi connectivity index (χ1n) is 6.77. The van der Waals surface area contributed by atoms with Gasteiger partial charge in [0.25, 0.3) is 0 Å². The van der Waals surface area contributed by atoms with Crippen LogP contribution in [0.3, 0.4) is 0 Å². The molecule has 0 heterocycles. The lowest BCUT2D eigenvalue weighted by Crippen LogP contribution is -2.35. The zero-order valence-corrected chi connectivity index (χ0v) is 12.0. The van der Waals surface area contributed by atoms with E-state index >= 15 is 0 Å². The molecule has 1 amide bonds. The molecular formula is C17H23NO. The van der Waals surface area contributed by atoms with Crippen molar-refractivity contribution in [1.82, 2.24) is 5.32 Å². The third-order valence-electron chi connectivity index (χ3n) is 3.03. The number of hydrogen-bond donors (Lipinski definition) is 1. The highest BCUT2D eigenvalue weighted by molar-refractivity contribution is 5.77. The van der Waals surface area contributed by atoms with Crippen LogP contribution in [-0.4, -0.2) is 11.9 Å². The maximum Gasteiger partial charge on any atom is 0.224 e. The van der Waals surface area contributed by atoms with Gasteiger partial charge in [-0.3, -0.25) is 4.79 Å². The molecule has 0 spiro atoms. The molecule has 2 nitrogen and oxygen atoms in total. The maximum absolute atomic E-state index is 11.6. The van der Waals surface area contributed by atoms with Crippen LogP contribution in [0.1, 0.15) is 32.8 Å². The molecule has 1 unspecified atom stereocenters. The number of rotatable bonds is 6. The van der Waals surface area contributed by atoms with Gasteiger partial charge in [0.1, 0.15) is 0 Å². The van der Waals surface area contributed by atoms with E-state index in [1.54, 1.807) is 0 Å². The summed E-state index contributed by atoms with van der Waals surface area (Å²) in [5, 5.41) is 2.97. The van der Waals surface area contributed by atoms with Gasteiger partial charge in [-0.2, -0.15) is 0 Å². The highest BCUT2D eigenvalue weighted by Crippen LogP contribution is 2.02. The van der Waals surface area contributed by atoms with E-state index in [1.807, 2.05) is 61.6 Å². The second-order valence-electron chi connectivity index (χ2n) is 5.00. The van der Waals surface area contributed by atoms with Crippen molar-refractivity contribution >= 4 is 12.0 Å². The average molecular weight is 257 g/mol. The number of hydrogen-bond acceptors (Lipinski definition) is 1. The Morgan fingerprint density at radius 3 is 2.47 bits per heavy atom. The Kier molecular flexibility index (Phi) is 6.65. The molecule has 0 bridgehead atoms. The summed E-state index contributed by atoms with van der Waals surface area (Å²) in [5.74, 6) is 0.538. The Bertz CT molecular complexity index is 432. The summed E-state index contributed by atoms with van der Waals surface area (Å²) in [7, 11) is 0. The molecule has 0 fully saturated rings. The van der Waals surface area contributed by atoms with Crippen LogP contribution in [-0.2, 0) is 4.79 Å². The van der Waals surface area contributed by atoms with Crippen molar-refractivity contribution in [2.24, 2.45) is 5.92 Å². The molecular weight excluding hydrogens is 234 g/mol. The van der Waals surface area contributed by atoms with Crippen LogP contribution in [0.25, 0.3) is 6.08 Å². The molecule has 0 saturated heterocycles. The lowest BCUT2D eigenvalue weighted by atomic mass is 10.1. The van der Waals surface area contributed by atoms with E-state index < -0.39 is 0 Å². The van der Waals surface area contributed by atoms with E-state index in [2.05, 4.69) is 19.2 Å². The molecule has 0 saturated carbocycles. The molecule has 1 atom stereocenters. The van der Waals surface area contributed by atoms with Gasteiger partial charge in [0.15, 0.2) is 0 Å². The zero-order valence-electron chi connectivity index (χ0n) is 12.0.